The van der Waals surface area contributed by atoms with Crippen molar-refractivity contribution in [2.75, 3.05) is 12.0 Å². The van der Waals surface area contributed by atoms with Crippen molar-refractivity contribution in [3.8, 4) is 16.9 Å². The van der Waals surface area contributed by atoms with E-state index in [9.17, 15) is 14.0 Å². The number of hydrogen-bond acceptors (Lipinski definition) is 6. The summed E-state index contributed by atoms with van der Waals surface area (Å²) in [5, 5.41) is 14.6. The van der Waals surface area contributed by atoms with Gasteiger partial charge in [-0.05, 0) is 46.7 Å². The summed E-state index contributed by atoms with van der Waals surface area (Å²) in [6, 6.07) is 20.9. The summed E-state index contributed by atoms with van der Waals surface area (Å²) in [5.74, 6) is -0.327. The van der Waals surface area contributed by atoms with E-state index in [1.807, 2.05) is 36.4 Å². The quantitative estimate of drug-likeness (QED) is 0.405. The Balaban J connectivity index is 1.24. The minimum atomic E-state index is -0.570. The topological polar surface area (TPSA) is 103 Å². The first-order valence-corrected chi connectivity index (χ1v) is 11.0. The molecule has 0 saturated heterocycles. The molecular weight excluding hydrogens is 463 g/mol. The minimum absolute atomic E-state index is 0.0227. The van der Waals surface area contributed by atoms with E-state index in [-0.39, 0.29) is 17.9 Å². The fourth-order valence-corrected chi connectivity index (χ4v) is 3.99. The Hall–Kier alpha value is -5.12. The first-order valence-electron chi connectivity index (χ1n) is 11.0. The number of pyridine rings is 1. The molecule has 0 atom stereocenters. The van der Waals surface area contributed by atoms with Crippen LogP contribution in [0.15, 0.2) is 90.0 Å². The SMILES string of the molecule is O=C(COc1ccc2ccccc2c1)Nn1ccc2c(nnc3c(-c4ccc(F)cc4)cnn32)c1=O. The van der Waals surface area contributed by atoms with Crippen LogP contribution in [0, 0.1) is 5.82 Å². The molecule has 0 saturated carbocycles. The number of benzene rings is 3. The Morgan fingerprint density at radius 2 is 1.78 bits per heavy atom. The number of rotatable bonds is 5. The van der Waals surface area contributed by atoms with Gasteiger partial charge in [0, 0.05) is 11.8 Å². The molecule has 0 aliphatic carbocycles. The fraction of sp³-hybridized carbons (Fsp3) is 0.0385. The fourth-order valence-electron chi connectivity index (χ4n) is 3.99. The molecule has 6 rings (SSSR count). The molecule has 9 nitrogen and oxygen atoms in total. The molecule has 0 radical (unpaired) electrons. The van der Waals surface area contributed by atoms with Gasteiger partial charge in [0.15, 0.2) is 17.8 Å². The minimum Gasteiger partial charge on any atom is -0.484 e. The number of nitrogens with zero attached hydrogens (tertiary/aromatic N) is 5. The van der Waals surface area contributed by atoms with Crippen molar-refractivity contribution in [3.63, 3.8) is 0 Å². The van der Waals surface area contributed by atoms with Gasteiger partial charge in [0.2, 0.25) is 0 Å². The van der Waals surface area contributed by atoms with E-state index in [2.05, 4.69) is 20.7 Å². The third kappa shape index (κ3) is 3.80. The van der Waals surface area contributed by atoms with Crippen molar-refractivity contribution in [1.29, 1.82) is 0 Å². The average molecular weight is 480 g/mol. The highest BCUT2D eigenvalue weighted by Crippen LogP contribution is 2.24. The average Bonchev–Trinajstić information content (AvgIpc) is 3.34. The number of aromatic nitrogens is 5. The lowest BCUT2D eigenvalue weighted by atomic mass is 10.1. The first kappa shape index (κ1) is 21.4. The summed E-state index contributed by atoms with van der Waals surface area (Å²) in [4.78, 5) is 25.4. The first-order chi connectivity index (χ1) is 17.6. The number of halogens is 1. The summed E-state index contributed by atoms with van der Waals surface area (Å²) < 4.78 is 21.4. The predicted molar refractivity (Wildman–Crippen MR) is 132 cm³/mol. The molecule has 0 aliphatic rings. The molecule has 0 spiro atoms. The molecule has 3 aromatic heterocycles. The zero-order valence-corrected chi connectivity index (χ0v) is 18.6. The van der Waals surface area contributed by atoms with Crippen LogP contribution in [0.1, 0.15) is 0 Å². The normalized spacial score (nSPS) is 11.2. The van der Waals surface area contributed by atoms with Gasteiger partial charge in [-0.3, -0.25) is 15.0 Å². The number of amides is 1. The Morgan fingerprint density at radius 1 is 0.972 bits per heavy atom. The molecular formula is C26H17FN6O3. The summed E-state index contributed by atoms with van der Waals surface area (Å²) >= 11 is 0. The van der Waals surface area contributed by atoms with Gasteiger partial charge >= 0.3 is 0 Å². The second-order valence-electron chi connectivity index (χ2n) is 8.06. The Kier molecular flexibility index (Phi) is 5.11. The van der Waals surface area contributed by atoms with E-state index in [0.29, 0.717) is 28.0 Å². The highest BCUT2D eigenvalue weighted by Gasteiger charge is 2.15. The molecule has 1 N–H and O–H groups in total. The predicted octanol–water partition coefficient (Wildman–Crippen LogP) is 3.55. The van der Waals surface area contributed by atoms with Crippen molar-refractivity contribution in [1.82, 2.24) is 24.5 Å². The smallest absolute Gasteiger partial charge is 0.299 e. The van der Waals surface area contributed by atoms with Gasteiger partial charge < -0.3 is 4.74 Å². The van der Waals surface area contributed by atoms with E-state index in [1.54, 1.807) is 30.5 Å². The van der Waals surface area contributed by atoms with E-state index in [1.165, 1.54) is 22.8 Å². The molecule has 6 aromatic rings. The maximum absolute atomic E-state index is 13.3. The van der Waals surface area contributed by atoms with Gasteiger partial charge in [0.05, 0.1) is 6.20 Å². The second-order valence-corrected chi connectivity index (χ2v) is 8.06. The lowest BCUT2D eigenvalue weighted by Gasteiger charge is -2.10. The number of nitrogens with one attached hydrogen (secondary N) is 1. The zero-order valence-electron chi connectivity index (χ0n) is 18.6. The third-order valence-electron chi connectivity index (χ3n) is 5.75. The molecule has 3 heterocycles. The molecule has 176 valence electrons. The molecule has 36 heavy (non-hydrogen) atoms. The molecule has 3 aromatic carbocycles. The molecule has 10 heteroatoms. The van der Waals surface area contributed by atoms with Crippen molar-refractivity contribution in [2.45, 2.75) is 0 Å². The van der Waals surface area contributed by atoms with Crippen LogP contribution in [0.5, 0.6) is 5.75 Å². The maximum atomic E-state index is 13.3. The van der Waals surface area contributed by atoms with Crippen molar-refractivity contribution in [3.05, 3.63) is 101 Å². The number of hydrogen-bond donors (Lipinski definition) is 1. The third-order valence-corrected chi connectivity index (χ3v) is 5.75. The van der Waals surface area contributed by atoms with E-state index in [0.717, 1.165) is 15.4 Å². The van der Waals surface area contributed by atoms with Gasteiger partial charge in [-0.2, -0.15) is 5.10 Å². The lowest BCUT2D eigenvalue weighted by Crippen LogP contribution is -2.35. The number of carbonyl (C=O) groups excluding carboxylic acids is 1. The van der Waals surface area contributed by atoms with Gasteiger partial charge in [0.1, 0.15) is 17.1 Å². The zero-order chi connectivity index (χ0) is 24.6. The van der Waals surface area contributed by atoms with E-state index >= 15 is 0 Å². The summed E-state index contributed by atoms with van der Waals surface area (Å²) in [6.07, 6.45) is 2.99. The molecule has 0 aliphatic heterocycles. The molecule has 0 unspecified atom stereocenters. The largest absolute Gasteiger partial charge is 0.484 e. The second kappa shape index (κ2) is 8.58. The van der Waals surface area contributed by atoms with Crippen LogP contribution in [0.4, 0.5) is 4.39 Å². The number of carbonyl (C=O) groups is 1. The number of ether oxygens (including phenoxy) is 1. The highest BCUT2D eigenvalue weighted by molar-refractivity contribution is 5.87. The van der Waals surface area contributed by atoms with Crippen LogP contribution in [0.2, 0.25) is 0 Å². The van der Waals surface area contributed by atoms with E-state index < -0.39 is 11.5 Å². The van der Waals surface area contributed by atoms with Gasteiger partial charge in [-0.15, -0.1) is 10.2 Å². The van der Waals surface area contributed by atoms with Crippen molar-refractivity contribution < 1.29 is 13.9 Å². The summed E-state index contributed by atoms with van der Waals surface area (Å²) in [7, 11) is 0. The van der Waals surface area contributed by atoms with Crippen molar-refractivity contribution in [2.24, 2.45) is 0 Å². The van der Waals surface area contributed by atoms with Crippen LogP contribution in [-0.4, -0.2) is 37.0 Å². The Labute approximate surface area is 202 Å². The van der Waals surface area contributed by atoms with Gasteiger partial charge in [-0.1, -0.05) is 42.5 Å². The van der Waals surface area contributed by atoms with Crippen LogP contribution < -0.4 is 15.7 Å². The van der Waals surface area contributed by atoms with Crippen LogP contribution in [0.25, 0.3) is 38.6 Å². The molecule has 0 bridgehead atoms. The molecule has 1 amide bonds. The van der Waals surface area contributed by atoms with Crippen LogP contribution in [-0.2, 0) is 4.79 Å². The molecule has 0 fully saturated rings. The summed E-state index contributed by atoms with van der Waals surface area (Å²) in [5.41, 5.74) is 4.14. The number of fused-ring (bicyclic) bond motifs is 4. The summed E-state index contributed by atoms with van der Waals surface area (Å²) in [6.45, 7) is -0.284. The van der Waals surface area contributed by atoms with Gasteiger partial charge in [-0.25, -0.2) is 13.6 Å². The van der Waals surface area contributed by atoms with Gasteiger partial charge in [0.25, 0.3) is 11.5 Å². The van der Waals surface area contributed by atoms with Crippen molar-refractivity contribution >= 4 is 33.4 Å². The maximum Gasteiger partial charge on any atom is 0.299 e. The monoisotopic (exact) mass is 480 g/mol. The Bertz CT molecular complexity index is 1830. The Morgan fingerprint density at radius 3 is 2.61 bits per heavy atom. The lowest BCUT2D eigenvalue weighted by molar-refractivity contribution is -0.119. The van der Waals surface area contributed by atoms with E-state index in [4.69, 9.17) is 4.74 Å². The highest BCUT2D eigenvalue weighted by atomic mass is 19.1. The van der Waals surface area contributed by atoms with Crippen LogP contribution >= 0.6 is 0 Å². The standard InChI is InChI=1S/C26H17FN6O3/c27-19-8-5-17(6-9-19)21-14-28-33-22-11-12-32(26(35)24(22)29-30-25(21)33)31-23(34)15-36-20-10-7-16-3-1-2-4-18(16)13-20/h1-14H,15H2,(H,31,34). The van der Waals surface area contributed by atoms with Crippen LogP contribution in [0.3, 0.4) is 0 Å².